The Bertz CT molecular complexity index is 440. The van der Waals surface area contributed by atoms with Crippen LogP contribution in [0.25, 0.3) is 0 Å². The first kappa shape index (κ1) is 10.5. The Labute approximate surface area is 98.8 Å². The predicted octanol–water partition coefficient (Wildman–Crippen LogP) is 1.58. The Balaban J connectivity index is 1.76. The lowest BCUT2D eigenvalue weighted by Gasteiger charge is -2.36. The molecule has 0 bridgehead atoms. The van der Waals surface area contributed by atoms with Gasteiger partial charge in [-0.1, -0.05) is 30.3 Å². The zero-order valence-electron chi connectivity index (χ0n) is 9.11. The van der Waals surface area contributed by atoms with Crippen LogP contribution >= 0.6 is 0 Å². The molecule has 0 aliphatic carbocycles. The van der Waals surface area contributed by atoms with Gasteiger partial charge in [0, 0.05) is 11.6 Å². The van der Waals surface area contributed by atoms with Crippen LogP contribution in [0, 0.1) is 0 Å². The van der Waals surface area contributed by atoms with Crippen molar-refractivity contribution in [3.63, 3.8) is 0 Å². The molecule has 4 heteroatoms. The molecule has 3 atom stereocenters. The number of rotatable bonds is 1. The third-order valence-corrected chi connectivity index (χ3v) is 2.82. The van der Waals surface area contributed by atoms with Crippen LogP contribution in [-0.2, 0) is 19.0 Å². The lowest BCUT2D eigenvalue weighted by Crippen LogP contribution is -2.44. The molecule has 17 heavy (non-hydrogen) atoms. The number of benzene rings is 1. The molecule has 4 nitrogen and oxygen atoms in total. The molecule has 0 N–H and O–H groups in total. The molecule has 1 saturated heterocycles. The van der Waals surface area contributed by atoms with Crippen molar-refractivity contribution in [1.82, 2.24) is 0 Å². The van der Waals surface area contributed by atoms with E-state index in [1.54, 1.807) is 6.08 Å². The van der Waals surface area contributed by atoms with E-state index in [2.05, 4.69) is 0 Å². The molecular weight excluding hydrogens is 220 g/mol. The number of ether oxygens (including phenoxy) is 3. The van der Waals surface area contributed by atoms with Gasteiger partial charge < -0.3 is 14.2 Å². The van der Waals surface area contributed by atoms with Crippen molar-refractivity contribution in [2.75, 3.05) is 6.61 Å². The quantitative estimate of drug-likeness (QED) is 0.690. The van der Waals surface area contributed by atoms with Crippen molar-refractivity contribution in [2.24, 2.45) is 0 Å². The fourth-order valence-corrected chi connectivity index (χ4v) is 1.96. The third-order valence-electron chi connectivity index (χ3n) is 2.82. The molecule has 3 rings (SSSR count). The minimum atomic E-state index is -0.390. The van der Waals surface area contributed by atoms with Crippen molar-refractivity contribution in [2.45, 2.75) is 18.5 Å². The smallest absolute Gasteiger partial charge is 0.330 e. The molecule has 1 aromatic carbocycles. The van der Waals surface area contributed by atoms with Crippen LogP contribution in [0.5, 0.6) is 0 Å². The molecule has 88 valence electrons. The molecule has 0 unspecified atom stereocenters. The maximum absolute atomic E-state index is 11.0. The van der Waals surface area contributed by atoms with Crippen LogP contribution in [0.3, 0.4) is 0 Å². The minimum Gasteiger partial charge on any atom is -0.454 e. The van der Waals surface area contributed by atoms with Crippen LogP contribution in [0.1, 0.15) is 11.9 Å². The summed E-state index contributed by atoms with van der Waals surface area (Å²) in [5.41, 5.74) is 0.969. The first-order chi connectivity index (χ1) is 8.33. The van der Waals surface area contributed by atoms with Crippen molar-refractivity contribution in [1.29, 1.82) is 0 Å². The van der Waals surface area contributed by atoms with Crippen molar-refractivity contribution < 1.29 is 19.0 Å². The molecule has 0 aromatic heterocycles. The largest absolute Gasteiger partial charge is 0.454 e. The Morgan fingerprint density at radius 1 is 1.18 bits per heavy atom. The Morgan fingerprint density at radius 2 is 2.00 bits per heavy atom. The normalized spacial score (nSPS) is 31.8. The van der Waals surface area contributed by atoms with E-state index in [0.717, 1.165) is 5.56 Å². The summed E-state index contributed by atoms with van der Waals surface area (Å²) in [4.78, 5) is 11.0. The molecule has 0 amide bonds. The number of fused-ring (bicyclic) bond motifs is 1. The number of hydrogen-bond acceptors (Lipinski definition) is 4. The van der Waals surface area contributed by atoms with E-state index in [1.165, 1.54) is 6.08 Å². The zero-order valence-corrected chi connectivity index (χ0v) is 9.11. The summed E-state index contributed by atoms with van der Waals surface area (Å²) in [5, 5.41) is 0. The highest BCUT2D eigenvalue weighted by Crippen LogP contribution is 2.29. The highest BCUT2D eigenvalue weighted by atomic mass is 16.7. The summed E-state index contributed by atoms with van der Waals surface area (Å²) in [6.07, 6.45) is 2.20. The molecule has 2 heterocycles. The number of carbonyl (C=O) groups is 1. The van der Waals surface area contributed by atoms with E-state index < -0.39 is 0 Å². The zero-order chi connectivity index (χ0) is 11.7. The highest BCUT2D eigenvalue weighted by molar-refractivity contribution is 5.83. The fourth-order valence-electron chi connectivity index (χ4n) is 1.96. The number of esters is 1. The predicted molar refractivity (Wildman–Crippen MR) is 59.0 cm³/mol. The Morgan fingerprint density at radius 3 is 2.82 bits per heavy atom. The second-order valence-electron chi connectivity index (χ2n) is 4.01. The maximum atomic E-state index is 11.0. The van der Waals surface area contributed by atoms with E-state index in [9.17, 15) is 4.79 Å². The maximum Gasteiger partial charge on any atom is 0.330 e. The van der Waals surface area contributed by atoms with Gasteiger partial charge in [-0.3, -0.25) is 0 Å². The molecule has 0 spiro atoms. The molecule has 2 aliphatic rings. The second-order valence-corrected chi connectivity index (χ2v) is 4.01. The van der Waals surface area contributed by atoms with Gasteiger partial charge in [0.15, 0.2) is 12.4 Å². The fraction of sp³-hybridized carbons (Fsp3) is 0.308. The standard InChI is InChI=1S/C13H12O4/c14-12-7-6-10-11(16-12)8-15-13(17-10)9-4-2-1-3-5-9/h1-7,10-11,13H,8H2/t10-,11-,13+/m0/s1. The highest BCUT2D eigenvalue weighted by Gasteiger charge is 2.35. The second kappa shape index (κ2) is 4.31. The average Bonchev–Trinajstić information content (AvgIpc) is 2.39. The van der Waals surface area contributed by atoms with E-state index in [1.807, 2.05) is 30.3 Å². The van der Waals surface area contributed by atoms with E-state index in [4.69, 9.17) is 14.2 Å². The van der Waals surface area contributed by atoms with Gasteiger partial charge in [0.2, 0.25) is 0 Å². The Hall–Kier alpha value is -1.65. The molecule has 1 aromatic rings. The van der Waals surface area contributed by atoms with Crippen molar-refractivity contribution >= 4 is 5.97 Å². The SMILES string of the molecule is O=C1C=C[C@@H]2O[C@H](c3ccccc3)OC[C@@H]2O1. The number of hydrogen-bond donors (Lipinski definition) is 0. The summed E-state index contributed by atoms with van der Waals surface area (Å²) in [5.74, 6) is -0.336. The summed E-state index contributed by atoms with van der Waals surface area (Å²) in [6.45, 7) is 0.361. The van der Waals surface area contributed by atoms with Gasteiger partial charge in [-0.05, 0) is 6.08 Å². The third kappa shape index (κ3) is 2.09. The lowest BCUT2D eigenvalue weighted by atomic mass is 10.1. The summed E-state index contributed by atoms with van der Waals surface area (Å²) < 4.78 is 16.4. The van der Waals surface area contributed by atoms with Crippen molar-refractivity contribution in [3.05, 3.63) is 48.0 Å². The minimum absolute atomic E-state index is 0.216. The van der Waals surface area contributed by atoms with Gasteiger partial charge in [-0.15, -0.1) is 0 Å². The lowest BCUT2D eigenvalue weighted by molar-refractivity contribution is -0.251. The van der Waals surface area contributed by atoms with Crippen molar-refractivity contribution in [3.8, 4) is 0 Å². The molecular formula is C13H12O4. The molecule has 2 aliphatic heterocycles. The first-order valence-electron chi connectivity index (χ1n) is 5.54. The summed E-state index contributed by atoms with van der Waals surface area (Å²) >= 11 is 0. The topological polar surface area (TPSA) is 44.8 Å². The molecule has 0 saturated carbocycles. The average molecular weight is 232 g/mol. The molecule has 1 fully saturated rings. The monoisotopic (exact) mass is 232 g/mol. The van der Waals surface area contributed by atoms with Crippen LogP contribution < -0.4 is 0 Å². The summed E-state index contributed by atoms with van der Waals surface area (Å²) in [6, 6.07) is 9.71. The van der Waals surface area contributed by atoms with Gasteiger partial charge in [0.05, 0.1) is 6.61 Å². The van der Waals surface area contributed by atoms with Gasteiger partial charge in [0.1, 0.15) is 6.10 Å². The Kier molecular flexibility index (Phi) is 2.66. The van der Waals surface area contributed by atoms with Gasteiger partial charge >= 0.3 is 5.97 Å². The van der Waals surface area contributed by atoms with Gasteiger partial charge in [-0.25, -0.2) is 4.79 Å². The van der Waals surface area contributed by atoms with E-state index in [-0.39, 0.29) is 24.5 Å². The van der Waals surface area contributed by atoms with Gasteiger partial charge in [-0.2, -0.15) is 0 Å². The van der Waals surface area contributed by atoms with Crippen LogP contribution in [0.15, 0.2) is 42.5 Å². The van der Waals surface area contributed by atoms with Crippen LogP contribution in [0.2, 0.25) is 0 Å². The van der Waals surface area contributed by atoms with Crippen LogP contribution in [-0.4, -0.2) is 24.8 Å². The summed E-state index contributed by atoms with van der Waals surface area (Å²) in [7, 11) is 0. The van der Waals surface area contributed by atoms with E-state index in [0.29, 0.717) is 6.61 Å². The van der Waals surface area contributed by atoms with Gasteiger partial charge in [0.25, 0.3) is 0 Å². The van der Waals surface area contributed by atoms with E-state index >= 15 is 0 Å². The number of carbonyl (C=O) groups excluding carboxylic acids is 1. The van der Waals surface area contributed by atoms with Crippen LogP contribution in [0.4, 0.5) is 0 Å². The molecule has 0 radical (unpaired) electrons. The first-order valence-corrected chi connectivity index (χ1v) is 5.54.